The highest BCUT2D eigenvalue weighted by Crippen LogP contribution is 2.34. The zero-order valence-electron chi connectivity index (χ0n) is 13.9. The van der Waals surface area contributed by atoms with Gasteiger partial charge in [-0.15, -0.1) is 0 Å². The number of rotatable bonds is 9. The summed E-state index contributed by atoms with van der Waals surface area (Å²) in [5, 5.41) is 0. The first-order valence-corrected chi connectivity index (χ1v) is 9.34. The summed E-state index contributed by atoms with van der Waals surface area (Å²) in [4.78, 5) is 0. The molecule has 0 bridgehead atoms. The van der Waals surface area contributed by atoms with Crippen LogP contribution in [-0.2, 0) is 6.42 Å². The molecule has 0 atom stereocenters. The Hall–Kier alpha value is -0.780. The molecule has 0 amide bonds. The van der Waals surface area contributed by atoms with E-state index in [1.807, 2.05) is 6.07 Å². The molecule has 0 unspecified atom stereocenters. The lowest BCUT2D eigenvalue weighted by molar-refractivity contribution is 0.245. The molecule has 0 heterocycles. The molecule has 2 rings (SSSR count). The highest BCUT2D eigenvalue weighted by atomic mass is 14.3. The molecule has 1 radical (unpaired) electrons. The average Bonchev–Trinajstić information content (AvgIpc) is 2.54. The van der Waals surface area contributed by atoms with E-state index in [9.17, 15) is 0 Å². The zero-order chi connectivity index (χ0) is 14.8. The third-order valence-corrected chi connectivity index (χ3v) is 5.26. The maximum atomic E-state index is 3.34. The Morgan fingerprint density at radius 1 is 0.905 bits per heavy atom. The van der Waals surface area contributed by atoms with E-state index in [0.29, 0.717) is 0 Å². The van der Waals surface area contributed by atoms with Crippen LogP contribution in [0.2, 0.25) is 0 Å². The first-order valence-electron chi connectivity index (χ1n) is 9.34. The van der Waals surface area contributed by atoms with Gasteiger partial charge in [0.05, 0.1) is 0 Å². The number of hydrogen-bond acceptors (Lipinski definition) is 0. The van der Waals surface area contributed by atoms with E-state index in [1.165, 1.54) is 82.6 Å². The van der Waals surface area contributed by atoms with Crippen molar-refractivity contribution >= 4 is 0 Å². The predicted molar refractivity (Wildman–Crippen MR) is 92.4 cm³/mol. The van der Waals surface area contributed by atoms with Gasteiger partial charge in [0.2, 0.25) is 0 Å². The van der Waals surface area contributed by atoms with Gasteiger partial charge in [-0.1, -0.05) is 95.4 Å². The van der Waals surface area contributed by atoms with Crippen LogP contribution in [0.15, 0.2) is 24.3 Å². The Bertz CT molecular complexity index is 346. The molecule has 1 aromatic carbocycles. The Kier molecular flexibility index (Phi) is 7.92. The van der Waals surface area contributed by atoms with Crippen molar-refractivity contribution in [1.29, 1.82) is 0 Å². The van der Waals surface area contributed by atoms with Crippen LogP contribution in [0.4, 0.5) is 0 Å². The number of unbranched alkanes of at least 4 members (excludes halogenated alkanes) is 3. The molecule has 0 aromatic heterocycles. The fraction of sp³-hybridized carbons (Fsp3) is 0.714. The molecular formula is C21H33. The fourth-order valence-electron chi connectivity index (χ4n) is 3.83. The van der Waals surface area contributed by atoms with Gasteiger partial charge in [0.15, 0.2) is 0 Å². The van der Waals surface area contributed by atoms with Crippen LogP contribution < -0.4 is 0 Å². The Labute approximate surface area is 132 Å². The van der Waals surface area contributed by atoms with Gasteiger partial charge in [-0.2, -0.15) is 0 Å². The fourth-order valence-corrected chi connectivity index (χ4v) is 3.83. The van der Waals surface area contributed by atoms with E-state index in [2.05, 4.69) is 31.2 Å². The highest BCUT2D eigenvalue weighted by Gasteiger charge is 2.20. The van der Waals surface area contributed by atoms with Gasteiger partial charge >= 0.3 is 0 Å². The quantitative estimate of drug-likeness (QED) is 0.449. The third kappa shape index (κ3) is 6.68. The van der Waals surface area contributed by atoms with Crippen LogP contribution >= 0.6 is 0 Å². The molecule has 1 aromatic rings. The molecule has 1 fully saturated rings. The topological polar surface area (TPSA) is 0 Å². The molecule has 117 valence electrons. The predicted octanol–water partition coefficient (Wildman–Crippen LogP) is 6.59. The molecule has 0 heteroatoms. The van der Waals surface area contributed by atoms with Crippen molar-refractivity contribution in [3.63, 3.8) is 0 Å². The molecule has 0 aliphatic heterocycles. The van der Waals surface area contributed by atoms with Crippen molar-refractivity contribution in [1.82, 2.24) is 0 Å². The van der Waals surface area contributed by atoms with E-state index in [4.69, 9.17) is 0 Å². The molecule has 0 N–H and O–H groups in total. The largest absolute Gasteiger partial charge is 0.0654 e. The van der Waals surface area contributed by atoms with Crippen LogP contribution in [0.25, 0.3) is 0 Å². The van der Waals surface area contributed by atoms with Gasteiger partial charge in [0.1, 0.15) is 0 Å². The second-order valence-electron chi connectivity index (χ2n) is 7.02. The Morgan fingerprint density at radius 2 is 1.57 bits per heavy atom. The summed E-state index contributed by atoms with van der Waals surface area (Å²) in [6.45, 7) is 2.31. The number of benzene rings is 1. The van der Waals surface area contributed by atoms with Crippen molar-refractivity contribution in [3.8, 4) is 0 Å². The van der Waals surface area contributed by atoms with Crippen molar-refractivity contribution in [2.75, 3.05) is 0 Å². The highest BCUT2D eigenvalue weighted by molar-refractivity contribution is 5.12. The van der Waals surface area contributed by atoms with E-state index in [0.717, 1.165) is 11.8 Å². The standard InChI is InChI=1S/C21H33/c1-2-3-5-10-20-15-17-21(18-16-20)14-9-8-13-19-11-6-4-7-12-19/h4,6-7,11,20-21H,2-3,5,8-10,13-18H2,1H3. The summed E-state index contributed by atoms with van der Waals surface area (Å²) in [7, 11) is 0. The summed E-state index contributed by atoms with van der Waals surface area (Å²) in [6.07, 6.45) is 17.3. The zero-order valence-corrected chi connectivity index (χ0v) is 13.9. The van der Waals surface area contributed by atoms with Crippen molar-refractivity contribution < 1.29 is 0 Å². The van der Waals surface area contributed by atoms with Gasteiger partial charge in [-0.3, -0.25) is 0 Å². The normalized spacial score (nSPS) is 22.3. The molecule has 21 heavy (non-hydrogen) atoms. The van der Waals surface area contributed by atoms with Crippen molar-refractivity contribution in [3.05, 3.63) is 35.9 Å². The Balaban J connectivity index is 1.51. The smallest absolute Gasteiger partial charge is 0.0149 e. The van der Waals surface area contributed by atoms with Gasteiger partial charge < -0.3 is 0 Å². The molecular weight excluding hydrogens is 252 g/mol. The van der Waals surface area contributed by atoms with Crippen LogP contribution in [-0.4, -0.2) is 0 Å². The van der Waals surface area contributed by atoms with E-state index < -0.39 is 0 Å². The Morgan fingerprint density at radius 3 is 2.14 bits per heavy atom. The average molecular weight is 285 g/mol. The first kappa shape index (κ1) is 16.6. The minimum Gasteiger partial charge on any atom is -0.0654 e. The minimum absolute atomic E-state index is 1.03. The lowest BCUT2D eigenvalue weighted by Gasteiger charge is -2.28. The lowest BCUT2D eigenvalue weighted by atomic mass is 9.78. The van der Waals surface area contributed by atoms with Crippen LogP contribution in [0.5, 0.6) is 0 Å². The van der Waals surface area contributed by atoms with Crippen molar-refractivity contribution in [2.45, 2.75) is 84.0 Å². The number of hydrogen-bond donors (Lipinski definition) is 0. The summed E-state index contributed by atoms with van der Waals surface area (Å²) in [5.74, 6) is 2.10. The van der Waals surface area contributed by atoms with Gasteiger partial charge in [-0.05, 0) is 36.3 Å². The summed E-state index contributed by atoms with van der Waals surface area (Å²) in [5.41, 5.74) is 1.39. The summed E-state index contributed by atoms with van der Waals surface area (Å²) >= 11 is 0. The number of aryl methyl sites for hydroxylation is 1. The molecule has 0 saturated heterocycles. The molecule has 1 saturated carbocycles. The second-order valence-corrected chi connectivity index (χ2v) is 7.02. The molecule has 1 aliphatic carbocycles. The third-order valence-electron chi connectivity index (χ3n) is 5.26. The van der Waals surface area contributed by atoms with Gasteiger partial charge in [-0.25, -0.2) is 0 Å². The maximum absolute atomic E-state index is 3.34. The van der Waals surface area contributed by atoms with E-state index >= 15 is 0 Å². The maximum Gasteiger partial charge on any atom is -0.0149 e. The van der Waals surface area contributed by atoms with Gasteiger partial charge in [0.25, 0.3) is 0 Å². The van der Waals surface area contributed by atoms with Crippen LogP contribution in [0.1, 0.15) is 83.1 Å². The minimum atomic E-state index is 1.03. The summed E-state index contributed by atoms with van der Waals surface area (Å²) < 4.78 is 0. The monoisotopic (exact) mass is 285 g/mol. The molecule has 0 nitrogen and oxygen atoms in total. The summed E-state index contributed by atoms with van der Waals surface area (Å²) in [6, 6.07) is 11.8. The lowest BCUT2D eigenvalue weighted by Crippen LogP contribution is -2.14. The molecule has 0 spiro atoms. The molecule has 1 aliphatic rings. The van der Waals surface area contributed by atoms with Gasteiger partial charge in [0, 0.05) is 0 Å². The van der Waals surface area contributed by atoms with Crippen LogP contribution in [0, 0.1) is 17.9 Å². The van der Waals surface area contributed by atoms with Crippen LogP contribution in [0.3, 0.4) is 0 Å². The van der Waals surface area contributed by atoms with E-state index in [1.54, 1.807) is 0 Å². The van der Waals surface area contributed by atoms with Crippen molar-refractivity contribution in [2.24, 2.45) is 11.8 Å². The van der Waals surface area contributed by atoms with E-state index in [-0.39, 0.29) is 0 Å². The first-order chi connectivity index (χ1) is 10.4. The second kappa shape index (κ2) is 10.0. The SMILES string of the molecule is CCCCCC1CCC(CCCCc2[c]cccc2)CC1.